The summed E-state index contributed by atoms with van der Waals surface area (Å²) >= 11 is 5.15. The Balaban J connectivity index is 1.88. The molecule has 0 radical (unpaired) electrons. The fourth-order valence-corrected chi connectivity index (χ4v) is 3.44. The Labute approximate surface area is 144 Å². The third-order valence-corrected chi connectivity index (χ3v) is 5.28. The molecule has 122 valence electrons. The van der Waals surface area contributed by atoms with Gasteiger partial charge in [0.25, 0.3) is 0 Å². The molecule has 0 saturated carbocycles. The van der Waals surface area contributed by atoms with Crippen LogP contribution in [-0.2, 0) is 10.5 Å². The monoisotopic (exact) mass is 387 g/mol. The van der Waals surface area contributed by atoms with Crippen molar-refractivity contribution in [3.8, 4) is 11.5 Å². The second-order valence-electron chi connectivity index (χ2n) is 5.87. The summed E-state index contributed by atoms with van der Waals surface area (Å²) in [6.07, 6.45) is 0.914. The van der Waals surface area contributed by atoms with Crippen molar-refractivity contribution >= 4 is 33.6 Å². The SMILES string of the molecule is CCC(C)(C)NC(=O)CSCc1cc2c(cc1Br)OCCO2. The lowest BCUT2D eigenvalue weighted by Crippen LogP contribution is -2.43. The van der Waals surface area contributed by atoms with Gasteiger partial charge in [0.2, 0.25) is 5.91 Å². The molecule has 1 aromatic rings. The highest BCUT2D eigenvalue weighted by molar-refractivity contribution is 9.10. The van der Waals surface area contributed by atoms with Crippen LogP contribution in [0.25, 0.3) is 0 Å². The zero-order valence-electron chi connectivity index (χ0n) is 13.2. The minimum Gasteiger partial charge on any atom is -0.486 e. The number of benzene rings is 1. The fourth-order valence-electron chi connectivity index (χ4n) is 1.97. The van der Waals surface area contributed by atoms with E-state index in [1.165, 1.54) is 0 Å². The highest BCUT2D eigenvalue weighted by Crippen LogP contribution is 2.36. The van der Waals surface area contributed by atoms with Crippen molar-refractivity contribution in [2.45, 2.75) is 38.5 Å². The number of halogens is 1. The molecule has 1 aromatic carbocycles. The molecule has 0 bridgehead atoms. The number of ether oxygens (including phenoxy) is 2. The molecule has 1 aliphatic rings. The van der Waals surface area contributed by atoms with Crippen LogP contribution in [0.4, 0.5) is 0 Å². The summed E-state index contributed by atoms with van der Waals surface area (Å²) in [6, 6.07) is 3.92. The average Bonchev–Trinajstić information content (AvgIpc) is 2.47. The molecule has 1 heterocycles. The predicted octanol–water partition coefficient (Wildman–Crippen LogP) is 3.76. The zero-order chi connectivity index (χ0) is 16.2. The van der Waals surface area contributed by atoms with Crippen molar-refractivity contribution in [3.63, 3.8) is 0 Å². The smallest absolute Gasteiger partial charge is 0.230 e. The Bertz CT molecular complexity index is 548. The summed E-state index contributed by atoms with van der Waals surface area (Å²) in [5.41, 5.74) is 0.965. The normalized spacial score (nSPS) is 13.8. The average molecular weight is 388 g/mol. The van der Waals surface area contributed by atoms with Gasteiger partial charge in [0.05, 0.1) is 5.75 Å². The summed E-state index contributed by atoms with van der Waals surface area (Å²) < 4.78 is 12.1. The summed E-state index contributed by atoms with van der Waals surface area (Å²) in [7, 11) is 0. The van der Waals surface area contributed by atoms with E-state index in [0.29, 0.717) is 19.0 Å². The molecule has 0 unspecified atom stereocenters. The lowest BCUT2D eigenvalue weighted by molar-refractivity contribution is -0.120. The maximum Gasteiger partial charge on any atom is 0.230 e. The highest BCUT2D eigenvalue weighted by atomic mass is 79.9. The molecular weight excluding hydrogens is 366 g/mol. The van der Waals surface area contributed by atoms with Gasteiger partial charge in [-0.3, -0.25) is 4.79 Å². The van der Waals surface area contributed by atoms with E-state index in [2.05, 4.69) is 28.2 Å². The standard InChI is InChI=1S/C16H22BrNO3S/c1-4-16(2,3)18-15(19)10-22-9-11-7-13-14(8-12(11)17)21-6-5-20-13/h7-8H,4-6,9-10H2,1-3H3,(H,18,19). The van der Waals surface area contributed by atoms with E-state index < -0.39 is 0 Å². The van der Waals surface area contributed by atoms with Crippen LogP contribution in [0.1, 0.15) is 32.8 Å². The highest BCUT2D eigenvalue weighted by Gasteiger charge is 2.18. The molecule has 1 aliphatic heterocycles. The Morgan fingerprint density at radius 2 is 1.95 bits per heavy atom. The summed E-state index contributed by atoms with van der Waals surface area (Å²) in [5.74, 6) is 2.82. The molecule has 0 saturated heterocycles. The summed E-state index contributed by atoms with van der Waals surface area (Å²) in [5, 5.41) is 3.04. The van der Waals surface area contributed by atoms with Crippen LogP contribution in [0, 0.1) is 0 Å². The van der Waals surface area contributed by atoms with Crippen molar-refractivity contribution in [1.82, 2.24) is 5.32 Å². The van der Waals surface area contributed by atoms with Gasteiger partial charge in [0, 0.05) is 15.8 Å². The molecule has 6 heteroatoms. The molecule has 0 aromatic heterocycles. The van der Waals surface area contributed by atoms with Gasteiger partial charge < -0.3 is 14.8 Å². The first-order valence-electron chi connectivity index (χ1n) is 7.38. The Kier molecular flexibility index (Phi) is 6.03. The van der Waals surface area contributed by atoms with Gasteiger partial charge >= 0.3 is 0 Å². The van der Waals surface area contributed by atoms with Gasteiger partial charge in [-0.05, 0) is 38.0 Å². The maximum atomic E-state index is 11.9. The molecule has 0 fully saturated rings. The Morgan fingerprint density at radius 3 is 2.59 bits per heavy atom. The van der Waals surface area contributed by atoms with Crippen molar-refractivity contribution < 1.29 is 14.3 Å². The van der Waals surface area contributed by atoms with Crippen LogP contribution in [0.5, 0.6) is 11.5 Å². The van der Waals surface area contributed by atoms with Crippen LogP contribution >= 0.6 is 27.7 Å². The number of carbonyl (C=O) groups excluding carboxylic acids is 1. The van der Waals surface area contributed by atoms with Gasteiger partial charge in [-0.2, -0.15) is 0 Å². The van der Waals surface area contributed by atoms with Gasteiger partial charge in [-0.15, -0.1) is 11.8 Å². The largest absolute Gasteiger partial charge is 0.486 e. The minimum absolute atomic E-state index is 0.0746. The van der Waals surface area contributed by atoms with E-state index in [9.17, 15) is 4.79 Å². The van der Waals surface area contributed by atoms with E-state index in [0.717, 1.165) is 33.7 Å². The van der Waals surface area contributed by atoms with Crippen LogP contribution in [0.3, 0.4) is 0 Å². The lowest BCUT2D eigenvalue weighted by Gasteiger charge is -2.24. The third kappa shape index (κ3) is 4.81. The number of fused-ring (bicyclic) bond motifs is 1. The predicted molar refractivity (Wildman–Crippen MR) is 93.8 cm³/mol. The van der Waals surface area contributed by atoms with Crippen molar-refractivity contribution in [2.24, 2.45) is 0 Å². The van der Waals surface area contributed by atoms with Gasteiger partial charge in [0.1, 0.15) is 13.2 Å². The quantitative estimate of drug-likeness (QED) is 0.806. The number of hydrogen-bond acceptors (Lipinski definition) is 4. The summed E-state index contributed by atoms with van der Waals surface area (Å²) in [4.78, 5) is 11.9. The number of carbonyl (C=O) groups is 1. The first-order chi connectivity index (χ1) is 10.4. The van der Waals surface area contributed by atoms with E-state index in [1.807, 2.05) is 26.0 Å². The molecule has 1 amide bonds. The van der Waals surface area contributed by atoms with E-state index in [1.54, 1.807) is 11.8 Å². The first kappa shape index (κ1) is 17.5. The Morgan fingerprint density at radius 1 is 1.32 bits per heavy atom. The summed E-state index contributed by atoms with van der Waals surface area (Å²) in [6.45, 7) is 7.30. The van der Waals surface area contributed by atoms with E-state index in [4.69, 9.17) is 9.47 Å². The number of amides is 1. The topological polar surface area (TPSA) is 47.6 Å². The number of nitrogens with one attached hydrogen (secondary N) is 1. The number of rotatable bonds is 6. The van der Waals surface area contributed by atoms with Crippen molar-refractivity contribution in [2.75, 3.05) is 19.0 Å². The fraction of sp³-hybridized carbons (Fsp3) is 0.562. The molecule has 0 spiro atoms. The van der Waals surface area contributed by atoms with Gasteiger partial charge in [0.15, 0.2) is 11.5 Å². The molecular formula is C16H22BrNO3S. The van der Waals surface area contributed by atoms with E-state index in [-0.39, 0.29) is 11.4 Å². The number of hydrogen-bond donors (Lipinski definition) is 1. The Hall–Kier alpha value is -0.880. The second-order valence-corrected chi connectivity index (χ2v) is 7.71. The maximum absolute atomic E-state index is 11.9. The van der Waals surface area contributed by atoms with Crippen molar-refractivity contribution in [3.05, 3.63) is 22.2 Å². The van der Waals surface area contributed by atoms with Crippen molar-refractivity contribution in [1.29, 1.82) is 0 Å². The molecule has 0 atom stereocenters. The van der Waals surface area contributed by atoms with Gasteiger partial charge in [-0.25, -0.2) is 0 Å². The number of thioether (sulfide) groups is 1. The zero-order valence-corrected chi connectivity index (χ0v) is 15.6. The molecule has 1 N–H and O–H groups in total. The van der Waals surface area contributed by atoms with Crippen LogP contribution in [-0.4, -0.2) is 30.4 Å². The third-order valence-electron chi connectivity index (χ3n) is 3.56. The van der Waals surface area contributed by atoms with Crippen LogP contribution < -0.4 is 14.8 Å². The van der Waals surface area contributed by atoms with Gasteiger partial charge in [-0.1, -0.05) is 22.9 Å². The molecule has 2 rings (SSSR count). The molecule has 4 nitrogen and oxygen atoms in total. The minimum atomic E-state index is -0.144. The van der Waals surface area contributed by atoms with Crippen LogP contribution in [0.2, 0.25) is 0 Å². The second kappa shape index (κ2) is 7.59. The lowest BCUT2D eigenvalue weighted by atomic mass is 10.0. The molecule has 0 aliphatic carbocycles. The van der Waals surface area contributed by atoms with E-state index >= 15 is 0 Å². The first-order valence-corrected chi connectivity index (χ1v) is 9.33. The van der Waals surface area contributed by atoms with Crippen LogP contribution in [0.15, 0.2) is 16.6 Å². The molecule has 22 heavy (non-hydrogen) atoms.